The van der Waals surface area contributed by atoms with Crippen LogP contribution in [0.5, 0.6) is 0 Å². The minimum absolute atomic E-state index is 0.173. The average molecular weight is 343 g/mol. The molecule has 2 unspecified atom stereocenters. The van der Waals surface area contributed by atoms with Crippen LogP contribution in [0.25, 0.3) is 0 Å². The first kappa shape index (κ1) is 13.4. The highest BCUT2D eigenvalue weighted by Crippen LogP contribution is 2.39. The van der Waals surface area contributed by atoms with E-state index in [4.69, 9.17) is 11.6 Å². The highest BCUT2D eigenvalue weighted by molar-refractivity contribution is 9.09. The molecule has 1 aromatic carbocycles. The van der Waals surface area contributed by atoms with Gasteiger partial charge in [-0.25, -0.2) is 0 Å². The molecule has 4 heteroatoms. The second-order valence-corrected chi connectivity index (χ2v) is 7.33. The van der Waals surface area contributed by atoms with Crippen molar-refractivity contribution in [3.63, 3.8) is 0 Å². The Labute approximate surface area is 127 Å². The maximum atomic E-state index is 12.7. The summed E-state index contributed by atoms with van der Waals surface area (Å²) in [7, 11) is 0. The molecule has 0 aromatic heterocycles. The Bertz CT molecular complexity index is 505. The van der Waals surface area contributed by atoms with E-state index in [9.17, 15) is 4.79 Å². The van der Waals surface area contributed by atoms with E-state index >= 15 is 0 Å². The molecule has 0 N–H and O–H groups in total. The summed E-state index contributed by atoms with van der Waals surface area (Å²) in [6.07, 6.45) is 4.44. The van der Waals surface area contributed by atoms with Gasteiger partial charge in [0, 0.05) is 27.5 Å². The Hall–Kier alpha value is -0.540. The lowest BCUT2D eigenvalue weighted by molar-refractivity contribution is 0.0603. The first-order chi connectivity index (χ1) is 9.06. The number of rotatable bonds is 1. The quantitative estimate of drug-likeness (QED) is 0.701. The molecule has 2 saturated heterocycles. The van der Waals surface area contributed by atoms with E-state index in [0.717, 1.165) is 41.8 Å². The molecule has 0 spiro atoms. The lowest BCUT2D eigenvalue weighted by atomic mass is 10.0. The number of hydrogen-bond acceptors (Lipinski definition) is 1. The standard InChI is InChI=1S/C15H17BrClNO/c1-9-6-10(2-5-14(9)17)15(19)18-12-3-4-13(18)8-11(16)7-12/h2,5-6,11-13H,3-4,7-8H2,1H3. The van der Waals surface area contributed by atoms with Crippen LogP contribution < -0.4 is 0 Å². The summed E-state index contributed by atoms with van der Waals surface area (Å²) in [5, 5.41) is 0.721. The second-order valence-electron chi connectivity index (χ2n) is 5.63. The van der Waals surface area contributed by atoms with Crippen molar-refractivity contribution in [1.82, 2.24) is 4.90 Å². The van der Waals surface area contributed by atoms with Crippen LogP contribution in [0.1, 0.15) is 41.6 Å². The van der Waals surface area contributed by atoms with Crippen LogP contribution in [0, 0.1) is 6.92 Å². The molecule has 19 heavy (non-hydrogen) atoms. The highest BCUT2D eigenvalue weighted by atomic mass is 79.9. The summed E-state index contributed by atoms with van der Waals surface area (Å²) in [5.74, 6) is 0.173. The average Bonchev–Trinajstić information content (AvgIpc) is 2.64. The maximum absolute atomic E-state index is 12.7. The fourth-order valence-corrected chi connectivity index (χ4v) is 4.35. The third-order valence-corrected chi connectivity index (χ3v) is 5.49. The van der Waals surface area contributed by atoms with Crippen LogP contribution in [0.3, 0.4) is 0 Å². The van der Waals surface area contributed by atoms with E-state index in [2.05, 4.69) is 20.8 Å². The van der Waals surface area contributed by atoms with Gasteiger partial charge in [-0.2, -0.15) is 0 Å². The van der Waals surface area contributed by atoms with Crippen LogP contribution >= 0.6 is 27.5 Å². The molecule has 0 radical (unpaired) electrons. The smallest absolute Gasteiger partial charge is 0.254 e. The molecular weight excluding hydrogens is 326 g/mol. The summed E-state index contributed by atoms with van der Waals surface area (Å²) in [5.41, 5.74) is 1.74. The Morgan fingerprint density at radius 2 is 1.95 bits per heavy atom. The molecular formula is C15H17BrClNO. The monoisotopic (exact) mass is 341 g/mol. The maximum Gasteiger partial charge on any atom is 0.254 e. The van der Waals surface area contributed by atoms with Gasteiger partial charge in [0.1, 0.15) is 0 Å². The van der Waals surface area contributed by atoms with E-state index in [1.807, 2.05) is 25.1 Å². The number of carbonyl (C=O) groups is 1. The van der Waals surface area contributed by atoms with Crippen molar-refractivity contribution in [3.05, 3.63) is 34.3 Å². The van der Waals surface area contributed by atoms with Crippen molar-refractivity contribution in [1.29, 1.82) is 0 Å². The molecule has 0 saturated carbocycles. The van der Waals surface area contributed by atoms with Gasteiger partial charge in [0.25, 0.3) is 5.91 Å². The van der Waals surface area contributed by atoms with Gasteiger partial charge in [-0.05, 0) is 56.4 Å². The third kappa shape index (κ3) is 2.43. The minimum atomic E-state index is 0.173. The number of alkyl halides is 1. The number of piperidine rings is 1. The molecule has 2 atom stereocenters. The van der Waals surface area contributed by atoms with Gasteiger partial charge in [-0.1, -0.05) is 27.5 Å². The molecule has 2 fully saturated rings. The number of hydrogen-bond donors (Lipinski definition) is 0. The predicted molar refractivity (Wildman–Crippen MR) is 81.1 cm³/mol. The van der Waals surface area contributed by atoms with Gasteiger partial charge in [0.05, 0.1) is 0 Å². The highest BCUT2D eigenvalue weighted by Gasteiger charge is 2.42. The molecule has 2 aliphatic rings. The SMILES string of the molecule is Cc1cc(C(=O)N2C3CCC2CC(Br)C3)ccc1Cl. The zero-order valence-electron chi connectivity index (χ0n) is 10.9. The molecule has 2 bridgehead atoms. The zero-order chi connectivity index (χ0) is 13.6. The number of aryl methyl sites for hydroxylation is 1. The third-order valence-electron chi connectivity index (χ3n) is 4.31. The molecule has 3 rings (SSSR count). The lowest BCUT2D eigenvalue weighted by Crippen LogP contribution is -2.46. The predicted octanol–water partition coefficient (Wildman–Crippen LogP) is 4.18. The van der Waals surface area contributed by atoms with Gasteiger partial charge < -0.3 is 4.90 Å². The zero-order valence-corrected chi connectivity index (χ0v) is 13.2. The Morgan fingerprint density at radius 1 is 1.32 bits per heavy atom. The van der Waals surface area contributed by atoms with Crippen molar-refractivity contribution in [3.8, 4) is 0 Å². The summed E-state index contributed by atoms with van der Waals surface area (Å²) >= 11 is 9.74. The number of amides is 1. The van der Waals surface area contributed by atoms with Gasteiger partial charge in [0.2, 0.25) is 0 Å². The van der Waals surface area contributed by atoms with Crippen LogP contribution in [0.15, 0.2) is 18.2 Å². The minimum Gasteiger partial charge on any atom is -0.333 e. The molecule has 2 aliphatic heterocycles. The number of fused-ring (bicyclic) bond motifs is 2. The second kappa shape index (κ2) is 5.10. The summed E-state index contributed by atoms with van der Waals surface area (Å²) in [6, 6.07) is 6.39. The first-order valence-electron chi connectivity index (χ1n) is 6.79. The van der Waals surface area contributed by atoms with Crippen LogP contribution in [-0.2, 0) is 0 Å². The van der Waals surface area contributed by atoms with Crippen molar-refractivity contribution in [2.45, 2.75) is 49.5 Å². The fraction of sp³-hybridized carbons (Fsp3) is 0.533. The number of halogens is 2. The Morgan fingerprint density at radius 3 is 2.53 bits per heavy atom. The summed E-state index contributed by atoms with van der Waals surface area (Å²) in [6.45, 7) is 1.94. The molecule has 0 aliphatic carbocycles. The molecule has 1 amide bonds. The Kier molecular flexibility index (Phi) is 3.61. The van der Waals surface area contributed by atoms with E-state index in [0.29, 0.717) is 16.9 Å². The number of carbonyl (C=O) groups excluding carboxylic acids is 1. The summed E-state index contributed by atoms with van der Waals surface area (Å²) < 4.78 is 0. The van der Waals surface area contributed by atoms with Crippen LogP contribution in [0.4, 0.5) is 0 Å². The van der Waals surface area contributed by atoms with Crippen molar-refractivity contribution in [2.75, 3.05) is 0 Å². The van der Waals surface area contributed by atoms with Gasteiger partial charge >= 0.3 is 0 Å². The lowest BCUT2D eigenvalue weighted by Gasteiger charge is -2.37. The van der Waals surface area contributed by atoms with Crippen molar-refractivity contribution in [2.24, 2.45) is 0 Å². The molecule has 102 valence electrons. The molecule has 2 nitrogen and oxygen atoms in total. The largest absolute Gasteiger partial charge is 0.333 e. The number of benzene rings is 1. The van der Waals surface area contributed by atoms with E-state index in [-0.39, 0.29) is 5.91 Å². The van der Waals surface area contributed by atoms with E-state index in [1.165, 1.54) is 0 Å². The topological polar surface area (TPSA) is 20.3 Å². The van der Waals surface area contributed by atoms with Crippen molar-refractivity contribution >= 4 is 33.4 Å². The van der Waals surface area contributed by atoms with Gasteiger partial charge in [-0.15, -0.1) is 0 Å². The van der Waals surface area contributed by atoms with Crippen LogP contribution in [0.2, 0.25) is 5.02 Å². The summed E-state index contributed by atoms with van der Waals surface area (Å²) in [4.78, 5) is 15.4. The van der Waals surface area contributed by atoms with Crippen molar-refractivity contribution < 1.29 is 4.79 Å². The molecule has 2 heterocycles. The molecule has 1 aromatic rings. The van der Waals surface area contributed by atoms with Crippen LogP contribution in [-0.4, -0.2) is 27.7 Å². The van der Waals surface area contributed by atoms with Gasteiger partial charge in [0.15, 0.2) is 0 Å². The number of nitrogens with zero attached hydrogens (tertiary/aromatic N) is 1. The van der Waals surface area contributed by atoms with Gasteiger partial charge in [-0.3, -0.25) is 4.79 Å². The van der Waals surface area contributed by atoms with E-state index in [1.54, 1.807) is 0 Å². The van der Waals surface area contributed by atoms with E-state index < -0.39 is 0 Å². The first-order valence-corrected chi connectivity index (χ1v) is 8.08. The Balaban J connectivity index is 1.86. The normalized spacial score (nSPS) is 29.6. The fourth-order valence-electron chi connectivity index (χ4n) is 3.37.